The van der Waals surface area contributed by atoms with Gasteiger partial charge in [-0.05, 0) is 49.6 Å². The second kappa shape index (κ2) is 8.93. The fourth-order valence-corrected chi connectivity index (χ4v) is 4.68. The van der Waals surface area contributed by atoms with Crippen molar-refractivity contribution >= 4 is 27.6 Å². The van der Waals surface area contributed by atoms with Gasteiger partial charge in [0.15, 0.2) is 5.84 Å². The predicted molar refractivity (Wildman–Crippen MR) is 121 cm³/mol. The molecule has 1 aromatic heterocycles. The largest absolute Gasteiger partial charge is 0.492 e. The first-order valence-electron chi connectivity index (χ1n) is 10.2. The molecule has 10 heteroatoms. The number of piperidine rings is 1. The number of rotatable bonds is 5. The highest BCUT2D eigenvalue weighted by molar-refractivity contribution is 7.91. The Hall–Kier alpha value is -3.14. The van der Waals surface area contributed by atoms with Gasteiger partial charge in [-0.3, -0.25) is 14.7 Å². The first kappa shape index (κ1) is 21.1. The van der Waals surface area contributed by atoms with Crippen molar-refractivity contribution in [3.63, 3.8) is 0 Å². The first-order chi connectivity index (χ1) is 14.9. The summed E-state index contributed by atoms with van der Waals surface area (Å²) >= 11 is 0. The maximum Gasteiger partial charge on any atom is 0.344 e. The summed E-state index contributed by atoms with van der Waals surface area (Å²) in [5, 5.41) is 0. The minimum atomic E-state index is -3.81. The molecular formula is C21H26N6O3S. The first-order valence-corrected chi connectivity index (χ1v) is 11.6. The Kier molecular flexibility index (Phi) is 6.08. The third kappa shape index (κ3) is 5.13. The van der Waals surface area contributed by atoms with Crippen molar-refractivity contribution in [3.05, 3.63) is 53.9 Å². The summed E-state index contributed by atoms with van der Waals surface area (Å²) in [5.41, 5.74) is 7.90. The summed E-state index contributed by atoms with van der Waals surface area (Å²) in [6.45, 7) is 5.02. The highest BCUT2D eigenvalue weighted by atomic mass is 32.2. The number of pyridine rings is 1. The summed E-state index contributed by atoms with van der Waals surface area (Å²) in [6, 6.07) is 9.10. The van der Waals surface area contributed by atoms with Crippen LogP contribution in [0.5, 0.6) is 5.75 Å². The monoisotopic (exact) mass is 442 g/mol. The standard InChI is InChI=1S/C21H26N6O3S/c1-15(24-12-16-7-9-23-10-8-16)27-11-3-4-17(13-27)14-30-19-6-2-5-18-20(19)21(22)26-31(28,29)25-18/h2,5-10,17,25H,3-4,11-14H2,1H3,(H2,22,26). The minimum Gasteiger partial charge on any atom is -0.492 e. The Bertz CT molecular complexity index is 1100. The van der Waals surface area contributed by atoms with E-state index in [4.69, 9.17) is 15.5 Å². The molecule has 0 amide bonds. The van der Waals surface area contributed by atoms with Gasteiger partial charge in [0.25, 0.3) is 0 Å². The van der Waals surface area contributed by atoms with Crippen molar-refractivity contribution in [2.75, 3.05) is 24.4 Å². The van der Waals surface area contributed by atoms with E-state index in [2.05, 4.69) is 19.0 Å². The number of nitrogens with two attached hydrogens (primary N) is 1. The van der Waals surface area contributed by atoms with E-state index < -0.39 is 10.2 Å². The molecule has 1 unspecified atom stereocenters. The van der Waals surface area contributed by atoms with Crippen molar-refractivity contribution in [3.8, 4) is 5.75 Å². The molecule has 164 valence electrons. The molecule has 9 nitrogen and oxygen atoms in total. The highest BCUT2D eigenvalue weighted by Gasteiger charge is 2.26. The lowest BCUT2D eigenvalue weighted by molar-refractivity contribution is 0.174. The van der Waals surface area contributed by atoms with E-state index >= 15 is 0 Å². The van der Waals surface area contributed by atoms with E-state index in [0.29, 0.717) is 36.1 Å². The van der Waals surface area contributed by atoms with Crippen molar-refractivity contribution in [1.29, 1.82) is 0 Å². The van der Waals surface area contributed by atoms with Crippen molar-refractivity contribution in [2.45, 2.75) is 26.3 Å². The summed E-state index contributed by atoms with van der Waals surface area (Å²) in [4.78, 5) is 11.1. The molecule has 1 saturated heterocycles. The van der Waals surface area contributed by atoms with Gasteiger partial charge < -0.3 is 15.4 Å². The smallest absolute Gasteiger partial charge is 0.344 e. The maximum atomic E-state index is 11.7. The van der Waals surface area contributed by atoms with Gasteiger partial charge in [-0.15, -0.1) is 4.40 Å². The molecule has 2 aromatic rings. The lowest BCUT2D eigenvalue weighted by atomic mass is 9.99. The number of fused-ring (bicyclic) bond motifs is 1. The summed E-state index contributed by atoms with van der Waals surface area (Å²) in [5.74, 6) is 1.81. The Morgan fingerprint density at radius 3 is 2.94 bits per heavy atom. The van der Waals surface area contributed by atoms with Crippen LogP contribution in [0.25, 0.3) is 0 Å². The van der Waals surface area contributed by atoms with Crippen molar-refractivity contribution in [2.24, 2.45) is 21.0 Å². The molecule has 2 aliphatic rings. The number of hydrogen-bond acceptors (Lipinski definition) is 6. The molecule has 2 aliphatic heterocycles. The molecule has 1 fully saturated rings. The number of nitrogens with zero attached hydrogens (tertiary/aromatic N) is 4. The second-order valence-corrected chi connectivity index (χ2v) is 9.05. The average Bonchev–Trinajstić information content (AvgIpc) is 2.76. The number of benzene rings is 1. The number of hydrogen-bond donors (Lipinski definition) is 2. The highest BCUT2D eigenvalue weighted by Crippen LogP contribution is 2.31. The van der Waals surface area contributed by atoms with Gasteiger partial charge in [0, 0.05) is 31.4 Å². The summed E-state index contributed by atoms with van der Waals surface area (Å²) in [7, 11) is -3.81. The van der Waals surface area contributed by atoms with Crippen LogP contribution in [-0.2, 0) is 16.8 Å². The molecule has 3 N–H and O–H groups in total. The van der Waals surface area contributed by atoms with Gasteiger partial charge >= 0.3 is 10.2 Å². The van der Waals surface area contributed by atoms with Gasteiger partial charge in [0.2, 0.25) is 0 Å². The SMILES string of the molecule is CC(=NCc1ccncc1)N1CCCC(COc2cccc3c2C(N)=NS(=O)(=O)N3)C1. The summed E-state index contributed by atoms with van der Waals surface area (Å²) in [6.07, 6.45) is 5.67. The fraction of sp³-hybridized carbons (Fsp3) is 0.381. The number of aliphatic imine (C=N–C) groups is 1. The quantitative estimate of drug-likeness (QED) is 0.540. The van der Waals surface area contributed by atoms with E-state index in [0.717, 1.165) is 37.3 Å². The van der Waals surface area contributed by atoms with Crippen LogP contribution in [0.15, 0.2) is 52.1 Å². The zero-order valence-electron chi connectivity index (χ0n) is 17.4. The van der Waals surface area contributed by atoms with Crippen LogP contribution in [0.1, 0.15) is 30.9 Å². The minimum absolute atomic E-state index is 0.0614. The van der Waals surface area contributed by atoms with Gasteiger partial charge in [0.05, 0.1) is 30.2 Å². The molecular weight excluding hydrogens is 416 g/mol. The third-order valence-corrected chi connectivity index (χ3v) is 6.35. The number of amidine groups is 2. The Labute approximate surface area is 182 Å². The molecule has 3 heterocycles. The van der Waals surface area contributed by atoms with Crippen LogP contribution >= 0.6 is 0 Å². The van der Waals surface area contributed by atoms with Crippen LogP contribution < -0.4 is 15.2 Å². The van der Waals surface area contributed by atoms with E-state index in [1.165, 1.54) is 0 Å². The molecule has 0 aliphatic carbocycles. The Balaban J connectivity index is 1.39. The molecule has 0 radical (unpaired) electrons. The molecule has 0 bridgehead atoms. The third-order valence-electron chi connectivity index (χ3n) is 5.43. The number of anilines is 1. The second-order valence-electron chi connectivity index (χ2n) is 7.72. The lowest BCUT2D eigenvalue weighted by Crippen LogP contribution is -2.40. The normalized spacial score (nSPS) is 20.4. The van der Waals surface area contributed by atoms with Gasteiger partial charge in [-0.1, -0.05) is 6.07 Å². The zero-order valence-corrected chi connectivity index (χ0v) is 18.2. The van der Waals surface area contributed by atoms with E-state index in [9.17, 15) is 8.42 Å². The zero-order chi connectivity index (χ0) is 21.8. The van der Waals surface area contributed by atoms with E-state index in [1.54, 1.807) is 30.6 Å². The van der Waals surface area contributed by atoms with E-state index in [-0.39, 0.29) is 5.84 Å². The molecule has 1 atom stereocenters. The Morgan fingerprint density at radius 1 is 1.32 bits per heavy atom. The van der Waals surface area contributed by atoms with Gasteiger partial charge in [-0.2, -0.15) is 8.42 Å². The van der Waals surface area contributed by atoms with Gasteiger partial charge in [-0.25, -0.2) is 0 Å². The van der Waals surface area contributed by atoms with Crippen LogP contribution in [0.2, 0.25) is 0 Å². The lowest BCUT2D eigenvalue weighted by Gasteiger charge is -2.34. The fourth-order valence-electron chi connectivity index (χ4n) is 3.83. The number of aromatic nitrogens is 1. The van der Waals surface area contributed by atoms with Crippen LogP contribution in [0.3, 0.4) is 0 Å². The maximum absolute atomic E-state index is 11.7. The molecule has 31 heavy (non-hydrogen) atoms. The molecule has 0 saturated carbocycles. The average molecular weight is 443 g/mol. The molecule has 4 rings (SSSR count). The topological polar surface area (TPSA) is 122 Å². The van der Waals surface area contributed by atoms with E-state index in [1.807, 2.05) is 19.1 Å². The van der Waals surface area contributed by atoms with Crippen molar-refractivity contribution in [1.82, 2.24) is 9.88 Å². The number of nitrogens with one attached hydrogen (secondary N) is 1. The van der Waals surface area contributed by atoms with Crippen molar-refractivity contribution < 1.29 is 13.2 Å². The van der Waals surface area contributed by atoms with Crippen LogP contribution in [0, 0.1) is 5.92 Å². The molecule has 0 spiro atoms. The van der Waals surface area contributed by atoms with Crippen LogP contribution in [0.4, 0.5) is 5.69 Å². The number of likely N-dealkylation sites (tertiary alicyclic amines) is 1. The Morgan fingerprint density at radius 2 is 2.13 bits per heavy atom. The molecule has 1 aromatic carbocycles. The number of ether oxygens (including phenoxy) is 1. The van der Waals surface area contributed by atoms with Gasteiger partial charge in [0.1, 0.15) is 5.75 Å². The summed E-state index contributed by atoms with van der Waals surface area (Å²) < 4.78 is 35.5. The predicted octanol–water partition coefficient (Wildman–Crippen LogP) is 2.17. The van der Waals surface area contributed by atoms with Crippen LogP contribution in [-0.4, -0.2) is 49.7 Å².